The molecule has 0 unspecified atom stereocenters. The van der Waals surface area contributed by atoms with Crippen molar-refractivity contribution in [3.8, 4) is 0 Å². The third-order valence-electron chi connectivity index (χ3n) is 4.69. The van der Waals surface area contributed by atoms with E-state index in [-0.39, 0.29) is 6.03 Å². The van der Waals surface area contributed by atoms with Crippen LogP contribution in [0.5, 0.6) is 0 Å². The van der Waals surface area contributed by atoms with Crippen molar-refractivity contribution < 1.29 is 9.90 Å². The minimum Gasteiger partial charge on any atom is -0.388 e. The van der Waals surface area contributed by atoms with E-state index in [1.165, 1.54) is 12.0 Å². The maximum atomic E-state index is 11.9. The lowest BCUT2D eigenvalue weighted by Crippen LogP contribution is -2.47. The second-order valence-corrected chi connectivity index (χ2v) is 6.85. The molecular formula is C19H26N4O2. The molecule has 2 amide bonds. The summed E-state index contributed by atoms with van der Waals surface area (Å²) in [7, 11) is 0. The van der Waals surface area contributed by atoms with E-state index >= 15 is 0 Å². The van der Waals surface area contributed by atoms with Crippen LogP contribution in [0, 0.1) is 0 Å². The lowest BCUT2D eigenvalue weighted by molar-refractivity contribution is 0.00719. The smallest absolute Gasteiger partial charge is 0.315 e. The average Bonchev–Trinajstić information content (AvgIpc) is 3.07. The number of hydrogen-bond donors (Lipinski definition) is 3. The predicted molar refractivity (Wildman–Crippen MR) is 96.0 cm³/mol. The van der Waals surface area contributed by atoms with Crippen LogP contribution >= 0.6 is 0 Å². The maximum absolute atomic E-state index is 11.9. The molecule has 1 aliphatic carbocycles. The third kappa shape index (κ3) is 5.32. The first-order valence-electron chi connectivity index (χ1n) is 8.92. The van der Waals surface area contributed by atoms with Gasteiger partial charge in [0.05, 0.1) is 18.3 Å². The SMILES string of the molecule is O=C(NCc1cnn(Cc2ccccc2)c1)NCC1(O)CCCCC1. The first-order chi connectivity index (χ1) is 12.1. The van der Waals surface area contributed by atoms with Crippen molar-refractivity contribution in [3.05, 3.63) is 53.9 Å². The Morgan fingerprint density at radius 3 is 2.64 bits per heavy atom. The van der Waals surface area contributed by atoms with Gasteiger partial charge in [-0.3, -0.25) is 4.68 Å². The quantitative estimate of drug-likeness (QED) is 0.754. The Bertz CT molecular complexity index is 678. The van der Waals surface area contributed by atoms with Gasteiger partial charge in [0.15, 0.2) is 0 Å². The molecule has 3 rings (SSSR count). The van der Waals surface area contributed by atoms with E-state index in [4.69, 9.17) is 0 Å². The Morgan fingerprint density at radius 2 is 1.88 bits per heavy atom. The summed E-state index contributed by atoms with van der Waals surface area (Å²) in [5.74, 6) is 0. The van der Waals surface area contributed by atoms with Crippen LogP contribution in [-0.2, 0) is 13.1 Å². The van der Waals surface area contributed by atoms with Gasteiger partial charge >= 0.3 is 6.03 Å². The fourth-order valence-electron chi connectivity index (χ4n) is 3.23. The summed E-state index contributed by atoms with van der Waals surface area (Å²) < 4.78 is 1.86. The molecule has 1 aromatic carbocycles. The molecule has 1 fully saturated rings. The zero-order chi connectivity index (χ0) is 17.5. The van der Waals surface area contributed by atoms with Crippen LogP contribution in [0.4, 0.5) is 4.79 Å². The number of aliphatic hydroxyl groups is 1. The van der Waals surface area contributed by atoms with E-state index in [0.29, 0.717) is 19.6 Å². The number of amides is 2. The number of urea groups is 1. The molecule has 0 spiro atoms. The molecule has 0 saturated heterocycles. The second-order valence-electron chi connectivity index (χ2n) is 6.85. The third-order valence-corrected chi connectivity index (χ3v) is 4.69. The second kappa shape index (κ2) is 8.16. The van der Waals surface area contributed by atoms with Gasteiger partial charge in [0.1, 0.15) is 0 Å². The molecule has 1 aliphatic rings. The Morgan fingerprint density at radius 1 is 1.12 bits per heavy atom. The Labute approximate surface area is 148 Å². The minimum atomic E-state index is -0.740. The van der Waals surface area contributed by atoms with E-state index < -0.39 is 5.60 Å². The normalized spacial score (nSPS) is 16.4. The maximum Gasteiger partial charge on any atom is 0.315 e. The Balaban J connectivity index is 1.41. The van der Waals surface area contributed by atoms with Crippen molar-refractivity contribution >= 4 is 6.03 Å². The topological polar surface area (TPSA) is 79.2 Å². The van der Waals surface area contributed by atoms with Gasteiger partial charge in [0, 0.05) is 24.8 Å². The van der Waals surface area contributed by atoms with E-state index in [1.54, 1.807) is 6.20 Å². The van der Waals surface area contributed by atoms with Gasteiger partial charge in [-0.15, -0.1) is 0 Å². The zero-order valence-electron chi connectivity index (χ0n) is 14.4. The number of carbonyl (C=O) groups is 1. The summed E-state index contributed by atoms with van der Waals surface area (Å²) in [6, 6.07) is 9.86. The molecular weight excluding hydrogens is 316 g/mol. The summed E-state index contributed by atoms with van der Waals surface area (Å²) in [6.45, 7) is 1.44. The Kier molecular flexibility index (Phi) is 5.71. The molecule has 6 heteroatoms. The number of nitrogens with zero attached hydrogens (tertiary/aromatic N) is 2. The lowest BCUT2D eigenvalue weighted by Gasteiger charge is -2.32. The molecule has 0 aliphatic heterocycles. The standard InChI is InChI=1S/C19H26N4O2/c24-18(21-15-19(25)9-5-2-6-10-19)20-11-17-12-22-23(14-17)13-16-7-3-1-4-8-16/h1,3-4,7-8,12,14,25H,2,5-6,9-11,13,15H2,(H2,20,21,24). The van der Waals surface area contributed by atoms with Gasteiger partial charge in [0.25, 0.3) is 0 Å². The molecule has 1 aromatic heterocycles. The van der Waals surface area contributed by atoms with Gasteiger partial charge in [-0.2, -0.15) is 5.10 Å². The van der Waals surface area contributed by atoms with Crippen LogP contribution in [0.2, 0.25) is 0 Å². The summed E-state index contributed by atoms with van der Waals surface area (Å²) in [5.41, 5.74) is 1.39. The Hall–Kier alpha value is -2.34. The van der Waals surface area contributed by atoms with E-state index in [1.807, 2.05) is 29.1 Å². The highest BCUT2D eigenvalue weighted by Gasteiger charge is 2.29. The molecule has 1 heterocycles. The van der Waals surface area contributed by atoms with Crippen LogP contribution in [0.25, 0.3) is 0 Å². The molecule has 0 bridgehead atoms. The molecule has 0 radical (unpaired) electrons. The highest BCUT2D eigenvalue weighted by atomic mass is 16.3. The fraction of sp³-hybridized carbons (Fsp3) is 0.474. The summed E-state index contributed by atoms with van der Waals surface area (Å²) in [5, 5.41) is 20.3. The van der Waals surface area contributed by atoms with Crippen molar-refractivity contribution in [1.82, 2.24) is 20.4 Å². The van der Waals surface area contributed by atoms with E-state index in [0.717, 1.165) is 31.2 Å². The zero-order valence-corrected chi connectivity index (χ0v) is 14.4. The molecule has 25 heavy (non-hydrogen) atoms. The predicted octanol–water partition coefficient (Wildman–Crippen LogP) is 2.43. The number of nitrogens with one attached hydrogen (secondary N) is 2. The van der Waals surface area contributed by atoms with Crippen molar-refractivity contribution in [2.45, 2.75) is 50.8 Å². The van der Waals surface area contributed by atoms with Gasteiger partial charge in [-0.1, -0.05) is 49.6 Å². The highest BCUT2D eigenvalue weighted by molar-refractivity contribution is 5.73. The van der Waals surface area contributed by atoms with Gasteiger partial charge in [0.2, 0.25) is 0 Å². The fourth-order valence-corrected chi connectivity index (χ4v) is 3.23. The molecule has 3 N–H and O–H groups in total. The largest absolute Gasteiger partial charge is 0.388 e. The highest BCUT2D eigenvalue weighted by Crippen LogP contribution is 2.27. The molecule has 6 nitrogen and oxygen atoms in total. The van der Waals surface area contributed by atoms with Crippen LogP contribution < -0.4 is 10.6 Å². The molecule has 1 saturated carbocycles. The van der Waals surface area contributed by atoms with Crippen LogP contribution in [-0.4, -0.2) is 33.1 Å². The van der Waals surface area contributed by atoms with Crippen LogP contribution in [0.1, 0.15) is 43.2 Å². The number of carbonyl (C=O) groups excluding carboxylic acids is 1. The first kappa shape index (κ1) is 17.5. The van der Waals surface area contributed by atoms with Crippen LogP contribution in [0.15, 0.2) is 42.7 Å². The molecule has 2 aromatic rings. The molecule has 0 atom stereocenters. The first-order valence-corrected chi connectivity index (χ1v) is 8.92. The van der Waals surface area contributed by atoms with Crippen molar-refractivity contribution in [2.75, 3.05) is 6.54 Å². The van der Waals surface area contributed by atoms with Gasteiger partial charge < -0.3 is 15.7 Å². The summed E-state index contributed by atoms with van der Waals surface area (Å²) in [4.78, 5) is 11.9. The van der Waals surface area contributed by atoms with E-state index in [9.17, 15) is 9.90 Å². The summed E-state index contributed by atoms with van der Waals surface area (Å²) >= 11 is 0. The van der Waals surface area contributed by atoms with Gasteiger partial charge in [-0.05, 0) is 18.4 Å². The van der Waals surface area contributed by atoms with Crippen molar-refractivity contribution in [1.29, 1.82) is 0 Å². The lowest BCUT2D eigenvalue weighted by atomic mass is 9.85. The van der Waals surface area contributed by atoms with Gasteiger partial charge in [-0.25, -0.2) is 4.79 Å². The van der Waals surface area contributed by atoms with Crippen LogP contribution in [0.3, 0.4) is 0 Å². The van der Waals surface area contributed by atoms with Crippen molar-refractivity contribution in [3.63, 3.8) is 0 Å². The van der Waals surface area contributed by atoms with E-state index in [2.05, 4.69) is 27.9 Å². The number of rotatable bonds is 6. The summed E-state index contributed by atoms with van der Waals surface area (Å²) in [6.07, 6.45) is 8.45. The number of benzene rings is 1. The molecule has 134 valence electrons. The van der Waals surface area contributed by atoms with Crippen molar-refractivity contribution in [2.24, 2.45) is 0 Å². The number of aromatic nitrogens is 2. The monoisotopic (exact) mass is 342 g/mol. The number of hydrogen-bond acceptors (Lipinski definition) is 3. The average molecular weight is 342 g/mol. The minimum absolute atomic E-state index is 0.255.